The number of nitrogens with zero attached hydrogens (tertiary/aromatic N) is 3. The summed E-state index contributed by atoms with van der Waals surface area (Å²) in [6.45, 7) is 8.44. The molecule has 3 aromatic rings. The second kappa shape index (κ2) is 11.7. The van der Waals surface area contributed by atoms with Crippen molar-refractivity contribution in [2.75, 3.05) is 26.8 Å². The van der Waals surface area contributed by atoms with Gasteiger partial charge in [0.2, 0.25) is 5.88 Å². The molecule has 0 unspecified atom stereocenters. The Bertz CT molecular complexity index is 1060. The lowest BCUT2D eigenvalue weighted by Gasteiger charge is -2.26. The molecule has 1 fully saturated rings. The molecular formula is C28H37N3O4. The lowest BCUT2D eigenvalue weighted by atomic mass is 10.2. The van der Waals surface area contributed by atoms with Crippen molar-refractivity contribution in [3.05, 3.63) is 65.9 Å². The Morgan fingerprint density at radius 1 is 1.06 bits per heavy atom. The average Bonchev–Trinajstić information content (AvgIpc) is 3.63. The number of rotatable bonds is 13. The summed E-state index contributed by atoms with van der Waals surface area (Å²) < 4.78 is 19.3. The molecule has 2 aromatic carbocycles. The molecule has 4 rings (SSSR count). The lowest BCUT2D eigenvalue weighted by Crippen LogP contribution is -2.36. The first kappa shape index (κ1) is 25.2. The summed E-state index contributed by atoms with van der Waals surface area (Å²) in [6.07, 6.45) is 2.03. The van der Waals surface area contributed by atoms with Crippen LogP contribution in [0.4, 0.5) is 0 Å². The van der Waals surface area contributed by atoms with Crippen molar-refractivity contribution in [1.82, 2.24) is 14.7 Å². The van der Waals surface area contributed by atoms with Gasteiger partial charge in [0.05, 0.1) is 42.9 Å². The van der Waals surface area contributed by atoms with Crippen LogP contribution in [0.5, 0.6) is 17.4 Å². The fourth-order valence-electron chi connectivity index (χ4n) is 4.07. The van der Waals surface area contributed by atoms with Gasteiger partial charge in [-0.3, -0.25) is 4.90 Å². The number of hydrogen-bond acceptors (Lipinski definition) is 6. The summed E-state index contributed by atoms with van der Waals surface area (Å²) in [5.41, 5.74) is 2.86. The van der Waals surface area contributed by atoms with Crippen molar-refractivity contribution in [2.24, 2.45) is 5.92 Å². The van der Waals surface area contributed by atoms with Crippen LogP contribution in [0.1, 0.15) is 37.9 Å². The monoisotopic (exact) mass is 479 g/mol. The predicted molar refractivity (Wildman–Crippen MR) is 136 cm³/mol. The van der Waals surface area contributed by atoms with Crippen molar-refractivity contribution < 1.29 is 19.3 Å². The van der Waals surface area contributed by atoms with E-state index in [1.54, 1.807) is 7.11 Å². The molecule has 0 saturated heterocycles. The Kier molecular flexibility index (Phi) is 8.44. The SMILES string of the molecule is COc1ccc(Oc2c(CN(CC3CC3)C[C@H](O)COC(C)C)c(C)nn2-c2ccccc2)cc1. The van der Waals surface area contributed by atoms with Crippen molar-refractivity contribution in [3.63, 3.8) is 0 Å². The van der Waals surface area contributed by atoms with Crippen LogP contribution in [0.2, 0.25) is 0 Å². The highest BCUT2D eigenvalue weighted by Gasteiger charge is 2.28. The maximum atomic E-state index is 10.7. The van der Waals surface area contributed by atoms with Gasteiger partial charge in [-0.05, 0) is 75.9 Å². The number of hydrogen-bond donors (Lipinski definition) is 1. The maximum Gasteiger partial charge on any atom is 0.227 e. The molecule has 7 heteroatoms. The number of aryl methyl sites for hydroxylation is 1. The maximum absolute atomic E-state index is 10.7. The second-order valence-electron chi connectivity index (χ2n) is 9.57. The van der Waals surface area contributed by atoms with Crippen molar-refractivity contribution in [3.8, 4) is 23.1 Å². The summed E-state index contributed by atoms with van der Waals surface area (Å²) in [6, 6.07) is 17.6. The fraction of sp³-hybridized carbons (Fsp3) is 0.464. The van der Waals surface area contributed by atoms with E-state index < -0.39 is 6.10 Å². The molecule has 1 N–H and O–H groups in total. The summed E-state index contributed by atoms with van der Waals surface area (Å²) in [5, 5.41) is 15.5. The minimum Gasteiger partial charge on any atom is -0.497 e. The number of aromatic nitrogens is 2. The van der Waals surface area contributed by atoms with Crippen molar-refractivity contribution in [2.45, 2.75) is 52.4 Å². The Labute approximate surface area is 208 Å². The van der Waals surface area contributed by atoms with E-state index in [0.29, 0.717) is 37.2 Å². The highest BCUT2D eigenvalue weighted by atomic mass is 16.5. The Balaban J connectivity index is 1.62. The third-order valence-electron chi connectivity index (χ3n) is 6.10. The molecule has 1 heterocycles. The molecule has 1 aliphatic carbocycles. The van der Waals surface area contributed by atoms with Gasteiger partial charge < -0.3 is 19.3 Å². The van der Waals surface area contributed by atoms with Gasteiger partial charge in [0.15, 0.2) is 0 Å². The first-order valence-electron chi connectivity index (χ1n) is 12.4. The third-order valence-corrected chi connectivity index (χ3v) is 6.10. The van der Waals surface area contributed by atoms with Gasteiger partial charge in [0.25, 0.3) is 0 Å². The number of para-hydroxylation sites is 1. The Morgan fingerprint density at radius 2 is 1.74 bits per heavy atom. The van der Waals surface area contributed by atoms with Crippen LogP contribution >= 0.6 is 0 Å². The summed E-state index contributed by atoms with van der Waals surface area (Å²) in [5.74, 6) is 2.86. The van der Waals surface area contributed by atoms with E-state index in [-0.39, 0.29) is 6.10 Å². The number of ether oxygens (including phenoxy) is 3. The van der Waals surface area contributed by atoms with Gasteiger partial charge in [-0.1, -0.05) is 18.2 Å². The quantitative estimate of drug-likeness (QED) is 0.373. The fourth-order valence-corrected chi connectivity index (χ4v) is 4.07. The van der Waals surface area contributed by atoms with Gasteiger partial charge in [-0.2, -0.15) is 5.10 Å². The molecule has 1 aliphatic rings. The van der Waals surface area contributed by atoms with Crippen LogP contribution in [0, 0.1) is 12.8 Å². The van der Waals surface area contributed by atoms with E-state index >= 15 is 0 Å². The van der Waals surface area contributed by atoms with E-state index in [0.717, 1.165) is 29.2 Å². The zero-order valence-electron chi connectivity index (χ0n) is 21.2. The Morgan fingerprint density at radius 3 is 2.37 bits per heavy atom. The van der Waals surface area contributed by atoms with Crippen LogP contribution in [0.15, 0.2) is 54.6 Å². The van der Waals surface area contributed by atoms with Gasteiger partial charge in [0.1, 0.15) is 11.5 Å². The number of methoxy groups -OCH3 is 1. The molecule has 1 saturated carbocycles. The van der Waals surface area contributed by atoms with Gasteiger partial charge >= 0.3 is 0 Å². The molecule has 7 nitrogen and oxygen atoms in total. The minimum absolute atomic E-state index is 0.0948. The molecule has 0 spiro atoms. The van der Waals surface area contributed by atoms with E-state index in [1.807, 2.05) is 80.1 Å². The van der Waals surface area contributed by atoms with Crippen LogP contribution in [0.25, 0.3) is 5.69 Å². The van der Waals surface area contributed by atoms with Crippen LogP contribution in [-0.4, -0.2) is 58.8 Å². The molecular weight excluding hydrogens is 442 g/mol. The normalized spacial score (nSPS) is 14.5. The minimum atomic E-state index is -0.549. The van der Waals surface area contributed by atoms with E-state index in [2.05, 4.69) is 4.90 Å². The van der Waals surface area contributed by atoms with Crippen molar-refractivity contribution in [1.29, 1.82) is 0 Å². The third kappa shape index (κ3) is 7.07. The molecule has 1 atom stereocenters. The molecule has 0 aliphatic heterocycles. The highest BCUT2D eigenvalue weighted by Crippen LogP contribution is 2.34. The smallest absolute Gasteiger partial charge is 0.227 e. The number of aliphatic hydroxyl groups is 1. The van der Waals surface area contributed by atoms with Crippen LogP contribution < -0.4 is 9.47 Å². The second-order valence-corrected chi connectivity index (χ2v) is 9.57. The number of benzene rings is 2. The first-order chi connectivity index (χ1) is 16.9. The molecule has 0 bridgehead atoms. The molecule has 0 radical (unpaired) electrons. The molecule has 35 heavy (non-hydrogen) atoms. The van der Waals surface area contributed by atoms with Gasteiger partial charge in [-0.25, -0.2) is 4.68 Å². The van der Waals surface area contributed by atoms with E-state index in [4.69, 9.17) is 19.3 Å². The number of aliphatic hydroxyl groups excluding tert-OH is 1. The topological polar surface area (TPSA) is 69.0 Å². The van der Waals surface area contributed by atoms with Gasteiger partial charge in [0, 0.05) is 19.6 Å². The van der Waals surface area contributed by atoms with E-state index in [1.165, 1.54) is 12.8 Å². The first-order valence-corrected chi connectivity index (χ1v) is 12.4. The van der Waals surface area contributed by atoms with Crippen LogP contribution in [-0.2, 0) is 11.3 Å². The average molecular weight is 480 g/mol. The highest BCUT2D eigenvalue weighted by molar-refractivity contribution is 5.44. The lowest BCUT2D eigenvalue weighted by molar-refractivity contribution is -0.0101. The predicted octanol–water partition coefficient (Wildman–Crippen LogP) is 4.98. The standard InChI is InChI=1S/C28H37N3O4/c1-20(2)34-19-24(32)17-30(16-22-10-11-22)18-27-21(3)29-31(23-8-6-5-7-9-23)28(27)35-26-14-12-25(33-4)13-15-26/h5-9,12-15,20,22,24,32H,10-11,16-19H2,1-4H3/t24-/m0/s1. The molecule has 0 amide bonds. The summed E-state index contributed by atoms with van der Waals surface area (Å²) in [7, 11) is 1.65. The van der Waals surface area contributed by atoms with E-state index in [9.17, 15) is 5.11 Å². The Hall–Kier alpha value is -2.87. The summed E-state index contributed by atoms with van der Waals surface area (Å²) >= 11 is 0. The molecule has 1 aromatic heterocycles. The largest absolute Gasteiger partial charge is 0.497 e. The zero-order chi connectivity index (χ0) is 24.8. The van der Waals surface area contributed by atoms with Crippen molar-refractivity contribution >= 4 is 0 Å². The molecule has 188 valence electrons. The van der Waals surface area contributed by atoms with Gasteiger partial charge in [-0.15, -0.1) is 0 Å². The summed E-state index contributed by atoms with van der Waals surface area (Å²) in [4.78, 5) is 2.31. The van der Waals surface area contributed by atoms with Crippen LogP contribution in [0.3, 0.4) is 0 Å². The zero-order valence-corrected chi connectivity index (χ0v) is 21.2.